The molecule has 0 bridgehead atoms. The Hall–Kier alpha value is -2.26. The summed E-state index contributed by atoms with van der Waals surface area (Å²) in [6, 6.07) is 16.1. The molecule has 30 heavy (non-hydrogen) atoms. The summed E-state index contributed by atoms with van der Waals surface area (Å²) < 4.78 is 32.0. The van der Waals surface area contributed by atoms with E-state index >= 15 is 0 Å². The van der Waals surface area contributed by atoms with Gasteiger partial charge in [-0.25, -0.2) is 8.42 Å². The average Bonchev–Trinajstić information content (AvgIpc) is 2.78. The zero-order valence-electron chi connectivity index (χ0n) is 17.3. The number of sulfonamides is 1. The van der Waals surface area contributed by atoms with Gasteiger partial charge in [0.25, 0.3) is 5.91 Å². The predicted molar refractivity (Wildman–Crippen MR) is 116 cm³/mol. The van der Waals surface area contributed by atoms with Gasteiger partial charge in [0.2, 0.25) is 10.0 Å². The van der Waals surface area contributed by atoms with E-state index < -0.39 is 10.0 Å². The third kappa shape index (κ3) is 5.89. The van der Waals surface area contributed by atoms with E-state index in [1.807, 2.05) is 30.3 Å². The Morgan fingerprint density at radius 1 is 1.00 bits per heavy atom. The largest absolute Gasteiger partial charge is 0.385 e. The Kier molecular flexibility index (Phi) is 7.98. The average molecular weight is 432 g/mol. The molecule has 1 N–H and O–H groups in total. The maximum absolute atomic E-state index is 12.7. The number of piperazine rings is 1. The monoisotopic (exact) mass is 431 g/mol. The van der Waals surface area contributed by atoms with Crippen LogP contribution in [0.2, 0.25) is 0 Å². The van der Waals surface area contributed by atoms with Crippen LogP contribution in [0.3, 0.4) is 0 Å². The lowest BCUT2D eigenvalue weighted by Gasteiger charge is -2.34. The van der Waals surface area contributed by atoms with Crippen LogP contribution in [-0.4, -0.2) is 70.0 Å². The van der Waals surface area contributed by atoms with E-state index in [1.54, 1.807) is 35.7 Å². The third-order valence-corrected chi connectivity index (χ3v) is 7.06. The van der Waals surface area contributed by atoms with Crippen molar-refractivity contribution in [2.75, 3.05) is 46.4 Å². The molecular formula is C22H29N3O4S. The lowest BCUT2D eigenvalue weighted by Crippen LogP contribution is -2.48. The lowest BCUT2D eigenvalue weighted by molar-refractivity contribution is 0.0948. The third-order valence-electron chi connectivity index (χ3n) is 5.15. The molecule has 0 spiro atoms. The molecule has 7 nitrogen and oxygen atoms in total. The number of methoxy groups -OCH3 is 1. The number of hydrogen-bond donors (Lipinski definition) is 1. The van der Waals surface area contributed by atoms with E-state index in [2.05, 4.69) is 10.2 Å². The first kappa shape index (κ1) is 22.4. The number of carbonyl (C=O) groups is 1. The highest BCUT2D eigenvalue weighted by Gasteiger charge is 2.28. The van der Waals surface area contributed by atoms with Crippen LogP contribution < -0.4 is 5.32 Å². The van der Waals surface area contributed by atoms with Gasteiger partial charge in [-0.05, 0) is 36.2 Å². The van der Waals surface area contributed by atoms with Gasteiger partial charge in [0, 0.05) is 58.5 Å². The summed E-state index contributed by atoms with van der Waals surface area (Å²) in [5.41, 5.74) is 1.74. The van der Waals surface area contributed by atoms with Gasteiger partial charge in [-0.1, -0.05) is 30.3 Å². The Bertz CT molecular complexity index is 909. The number of hydrogen-bond acceptors (Lipinski definition) is 5. The summed E-state index contributed by atoms with van der Waals surface area (Å²) in [7, 11) is -1.79. The summed E-state index contributed by atoms with van der Waals surface area (Å²) in [6.07, 6.45) is 0.784. The lowest BCUT2D eigenvalue weighted by atomic mass is 10.1. The zero-order valence-corrected chi connectivity index (χ0v) is 18.1. The van der Waals surface area contributed by atoms with Crippen molar-refractivity contribution < 1.29 is 17.9 Å². The SMILES string of the molecule is COCCCNC(=O)c1ccc(CN2CCN(S(=O)(=O)c3ccccc3)CC2)cc1. The molecule has 0 aromatic heterocycles. The van der Waals surface area contributed by atoms with Gasteiger partial charge < -0.3 is 10.1 Å². The van der Waals surface area contributed by atoms with Crippen LogP contribution in [0.4, 0.5) is 0 Å². The van der Waals surface area contributed by atoms with Crippen molar-refractivity contribution in [2.45, 2.75) is 17.9 Å². The van der Waals surface area contributed by atoms with Crippen molar-refractivity contribution >= 4 is 15.9 Å². The number of amides is 1. The highest BCUT2D eigenvalue weighted by Crippen LogP contribution is 2.18. The number of ether oxygens (including phenoxy) is 1. The van der Waals surface area contributed by atoms with Gasteiger partial charge in [0.05, 0.1) is 4.90 Å². The molecule has 2 aromatic rings. The second kappa shape index (κ2) is 10.7. The van der Waals surface area contributed by atoms with Crippen molar-refractivity contribution in [3.63, 3.8) is 0 Å². The number of carbonyl (C=O) groups excluding carboxylic acids is 1. The van der Waals surface area contributed by atoms with Gasteiger partial charge in [-0.3, -0.25) is 9.69 Å². The summed E-state index contributed by atoms with van der Waals surface area (Å²) in [5.74, 6) is -0.0858. The Morgan fingerprint density at radius 3 is 2.30 bits per heavy atom. The Morgan fingerprint density at radius 2 is 1.67 bits per heavy atom. The molecule has 3 rings (SSSR count). The Labute approximate surface area is 178 Å². The van der Waals surface area contributed by atoms with Gasteiger partial charge in [-0.15, -0.1) is 0 Å². The van der Waals surface area contributed by atoms with Gasteiger partial charge in [0.15, 0.2) is 0 Å². The van der Waals surface area contributed by atoms with Gasteiger partial charge in [-0.2, -0.15) is 4.31 Å². The van der Waals surface area contributed by atoms with Crippen LogP contribution in [0, 0.1) is 0 Å². The van der Waals surface area contributed by atoms with Crippen LogP contribution >= 0.6 is 0 Å². The number of nitrogens with one attached hydrogen (secondary N) is 1. The van der Waals surface area contributed by atoms with E-state index in [4.69, 9.17) is 4.74 Å². The van der Waals surface area contributed by atoms with Crippen LogP contribution in [0.1, 0.15) is 22.3 Å². The molecule has 1 aliphatic rings. The van der Waals surface area contributed by atoms with E-state index in [-0.39, 0.29) is 5.91 Å². The predicted octanol–water partition coefficient (Wildman–Crippen LogP) is 1.96. The molecule has 8 heteroatoms. The molecule has 1 saturated heterocycles. The fourth-order valence-corrected chi connectivity index (χ4v) is 4.85. The fourth-order valence-electron chi connectivity index (χ4n) is 3.41. The standard InChI is InChI=1S/C22H29N3O4S/c1-29-17-5-12-23-22(26)20-10-8-19(9-11-20)18-24-13-15-25(16-14-24)30(27,28)21-6-3-2-4-7-21/h2-4,6-11H,5,12-18H2,1H3,(H,23,26). The minimum atomic E-state index is -3.43. The maximum atomic E-state index is 12.7. The summed E-state index contributed by atoms with van der Waals surface area (Å²) in [4.78, 5) is 14.7. The smallest absolute Gasteiger partial charge is 0.251 e. The molecule has 1 aliphatic heterocycles. The van der Waals surface area contributed by atoms with Crippen molar-refractivity contribution in [2.24, 2.45) is 0 Å². The van der Waals surface area contributed by atoms with Crippen molar-refractivity contribution in [1.29, 1.82) is 0 Å². The minimum absolute atomic E-state index is 0.0858. The zero-order chi connectivity index (χ0) is 21.4. The molecular weight excluding hydrogens is 402 g/mol. The van der Waals surface area contributed by atoms with Gasteiger partial charge >= 0.3 is 0 Å². The number of rotatable bonds is 9. The topological polar surface area (TPSA) is 79.0 Å². The molecule has 0 saturated carbocycles. The van der Waals surface area contributed by atoms with Crippen molar-refractivity contribution in [3.8, 4) is 0 Å². The molecule has 0 radical (unpaired) electrons. The highest BCUT2D eigenvalue weighted by molar-refractivity contribution is 7.89. The molecule has 1 amide bonds. The Balaban J connectivity index is 1.48. The molecule has 0 aliphatic carbocycles. The summed E-state index contributed by atoms with van der Waals surface area (Å²) in [5, 5.41) is 2.88. The van der Waals surface area contributed by atoms with Crippen molar-refractivity contribution in [1.82, 2.24) is 14.5 Å². The molecule has 0 atom stereocenters. The normalized spacial score (nSPS) is 15.8. The maximum Gasteiger partial charge on any atom is 0.251 e. The van der Waals surface area contributed by atoms with E-state index in [0.29, 0.717) is 49.8 Å². The van der Waals surface area contributed by atoms with Crippen molar-refractivity contribution in [3.05, 3.63) is 65.7 Å². The quantitative estimate of drug-likeness (QED) is 0.614. The van der Waals surface area contributed by atoms with Crippen LogP contribution in [0.25, 0.3) is 0 Å². The number of benzene rings is 2. The van der Waals surface area contributed by atoms with Crippen LogP contribution in [0.5, 0.6) is 0 Å². The first-order chi connectivity index (χ1) is 14.5. The second-order valence-corrected chi connectivity index (χ2v) is 9.23. The second-order valence-electron chi connectivity index (χ2n) is 7.29. The molecule has 162 valence electrons. The molecule has 0 unspecified atom stereocenters. The fraction of sp³-hybridized carbons (Fsp3) is 0.409. The first-order valence-corrected chi connectivity index (χ1v) is 11.6. The van der Waals surface area contributed by atoms with E-state index in [0.717, 1.165) is 18.5 Å². The first-order valence-electron chi connectivity index (χ1n) is 10.1. The highest BCUT2D eigenvalue weighted by atomic mass is 32.2. The number of nitrogens with zero attached hydrogens (tertiary/aromatic N) is 2. The molecule has 1 fully saturated rings. The van der Waals surface area contributed by atoms with E-state index in [9.17, 15) is 13.2 Å². The van der Waals surface area contributed by atoms with Gasteiger partial charge in [0.1, 0.15) is 0 Å². The minimum Gasteiger partial charge on any atom is -0.385 e. The van der Waals surface area contributed by atoms with Crippen LogP contribution in [0.15, 0.2) is 59.5 Å². The molecule has 2 aromatic carbocycles. The van der Waals surface area contributed by atoms with E-state index in [1.165, 1.54) is 0 Å². The summed E-state index contributed by atoms with van der Waals surface area (Å²) in [6.45, 7) is 4.23. The molecule has 1 heterocycles. The van der Waals surface area contributed by atoms with Crippen LogP contribution in [-0.2, 0) is 21.3 Å². The summed E-state index contributed by atoms with van der Waals surface area (Å²) >= 11 is 0.